The summed E-state index contributed by atoms with van der Waals surface area (Å²) in [4.78, 5) is 2.22. The average molecular weight is 312 g/mol. The lowest BCUT2D eigenvalue weighted by Gasteiger charge is -2.29. The van der Waals surface area contributed by atoms with Gasteiger partial charge in [-0.25, -0.2) is 8.42 Å². The second-order valence-corrected chi connectivity index (χ2v) is 7.22. The minimum atomic E-state index is -3.26. The molecule has 1 heterocycles. The van der Waals surface area contributed by atoms with Gasteiger partial charge in [-0.3, -0.25) is 4.72 Å². The molecule has 0 radical (unpaired) electrons. The number of nitrogens with one attached hydrogen (secondary N) is 1. The van der Waals surface area contributed by atoms with Gasteiger partial charge in [0.05, 0.1) is 24.7 Å². The van der Waals surface area contributed by atoms with E-state index in [0.717, 1.165) is 30.8 Å². The van der Waals surface area contributed by atoms with Crippen LogP contribution in [0.1, 0.15) is 25.3 Å². The summed E-state index contributed by atoms with van der Waals surface area (Å²) in [5.41, 5.74) is 2.65. The van der Waals surface area contributed by atoms with Crippen LogP contribution < -0.4 is 9.62 Å². The third-order valence-electron chi connectivity index (χ3n) is 3.63. The van der Waals surface area contributed by atoms with Crippen molar-refractivity contribution in [2.45, 2.75) is 26.7 Å². The number of hydrogen-bond acceptors (Lipinski definition) is 4. The normalized spacial score (nSPS) is 16.0. The second kappa shape index (κ2) is 7.13. The van der Waals surface area contributed by atoms with Gasteiger partial charge in [-0.05, 0) is 31.0 Å². The third kappa shape index (κ3) is 4.61. The lowest BCUT2D eigenvalue weighted by Crippen LogP contribution is -2.36. The number of nitrogens with zero attached hydrogens (tertiary/aromatic N) is 1. The minimum absolute atomic E-state index is 0.171. The first-order valence-electron chi connectivity index (χ1n) is 7.45. The lowest BCUT2D eigenvalue weighted by atomic mass is 10.1. The summed E-state index contributed by atoms with van der Waals surface area (Å²) in [6.07, 6.45) is 1.55. The number of unbranched alkanes of at least 4 members (excludes halogenated alkanes) is 1. The van der Waals surface area contributed by atoms with Crippen molar-refractivity contribution in [2.24, 2.45) is 0 Å². The molecule has 5 nitrogen and oxygen atoms in total. The molecule has 118 valence electrons. The van der Waals surface area contributed by atoms with Gasteiger partial charge in [0.2, 0.25) is 10.0 Å². The summed E-state index contributed by atoms with van der Waals surface area (Å²) in [6.45, 7) is 7.01. The molecule has 1 aliphatic rings. The minimum Gasteiger partial charge on any atom is -0.378 e. The highest BCUT2D eigenvalue weighted by molar-refractivity contribution is 7.92. The number of sulfonamides is 1. The van der Waals surface area contributed by atoms with Crippen LogP contribution in [0, 0.1) is 6.92 Å². The van der Waals surface area contributed by atoms with Gasteiger partial charge in [-0.15, -0.1) is 0 Å². The number of aryl methyl sites for hydroxylation is 1. The number of morpholine rings is 1. The highest BCUT2D eigenvalue weighted by Gasteiger charge is 2.15. The number of rotatable bonds is 6. The largest absolute Gasteiger partial charge is 0.378 e. The zero-order valence-electron chi connectivity index (χ0n) is 12.8. The van der Waals surface area contributed by atoms with Crippen LogP contribution in [0.25, 0.3) is 0 Å². The Morgan fingerprint density at radius 3 is 2.67 bits per heavy atom. The van der Waals surface area contributed by atoms with Gasteiger partial charge in [-0.2, -0.15) is 0 Å². The van der Waals surface area contributed by atoms with E-state index in [-0.39, 0.29) is 5.75 Å². The maximum absolute atomic E-state index is 12.1. The molecule has 0 atom stereocenters. The first-order chi connectivity index (χ1) is 10.0. The van der Waals surface area contributed by atoms with Crippen molar-refractivity contribution in [1.82, 2.24) is 0 Å². The Hall–Kier alpha value is -1.27. The van der Waals surface area contributed by atoms with Gasteiger partial charge in [0, 0.05) is 18.8 Å². The fourth-order valence-corrected chi connectivity index (χ4v) is 3.62. The smallest absolute Gasteiger partial charge is 0.232 e. The molecular weight excluding hydrogens is 288 g/mol. The summed E-state index contributed by atoms with van der Waals surface area (Å²) in [5.74, 6) is 0.171. The predicted octanol–water partition coefficient (Wildman–Crippen LogP) is 2.37. The first kappa shape index (κ1) is 16.1. The van der Waals surface area contributed by atoms with Crippen molar-refractivity contribution in [3.63, 3.8) is 0 Å². The summed E-state index contributed by atoms with van der Waals surface area (Å²) in [7, 11) is -3.26. The van der Waals surface area contributed by atoms with Crippen LogP contribution in [0.4, 0.5) is 11.4 Å². The lowest BCUT2D eigenvalue weighted by molar-refractivity contribution is 0.122. The molecule has 0 amide bonds. The fraction of sp³-hybridized carbons (Fsp3) is 0.600. The average Bonchev–Trinajstić information content (AvgIpc) is 2.48. The zero-order chi connectivity index (χ0) is 15.3. The summed E-state index contributed by atoms with van der Waals surface area (Å²) >= 11 is 0. The van der Waals surface area contributed by atoms with E-state index >= 15 is 0 Å². The van der Waals surface area contributed by atoms with E-state index in [1.807, 2.05) is 32.0 Å². The standard InChI is InChI=1S/C15H24N2O3S/c1-3-4-11-21(18,19)16-15-12-14(6-5-13(15)2)17-7-9-20-10-8-17/h5-6,12,16H,3-4,7-11H2,1-2H3. The van der Waals surface area contributed by atoms with Crippen molar-refractivity contribution >= 4 is 21.4 Å². The number of benzene rings is 1. The van der Waals surface area contributed by atoms with Gasteiger partial charge in [0.15, 0.2) is 0 Å². The molecule has 1 N–H and O–H groups in total. The number of hydrogen-bond donors (Lipinski definition) is 1. The summed E-state index contributed by atoms with van der Waals surface area (Å²) in [5, 5.41) is 0. The molecule has 1 aromatic carbocycles. The van der Waals surface area contributed by atoms with Gasteiger partial charge < -0.3 is 9.64 Å². The van der Waals surface area contributed by atoms with Crippen LogP contribution in [-0.2, 0) is 14.8 Å². The van der Waals surface area contributed by atoms with Crippen LogP contribution in [0.2, 0.25) is 0 Å². The molecule has 0 aromatic heterocycles. The van der Waals surface area contributed by atoms with E-state index in [1.54, 1.807) is 0 Å². The van der Waals surface area contributed by atoms with Crippen molar-refractivity contribution in [3.05, 3.63) is 23.8 Å². The van der Waals surface area contributed by atoms with E-state index in [0.29, 0.717) is 25.3 Å². The molecule has 1 aliphatic heterocycles. The Kier molecular flexibility index (Phi) is 5.47. The van der Waals surface area contributed by atoms with Gasteiger partial charge in [0.1, 0.15) is 0 Å². The fourth-order valence-electron chi connectivity index (χ4n) is 2.29. The highest BCUT2D eigenvalue weighted by atomic mass is 32.2. The Labute approximate surface area is 127 Å². The molecule has 1 saturated heterocycles. The Morgan fingerprint density at radius 2 is 2.00 bits per heavy atom. The van der Waals surface area contributed by atoms with Crippen LogP contribution in [0.3, 0.4) is 0 Å². The van der Waals surface area contributed by atoms with Gasteiger partial charge >= 0.3 is 0 Å². The first-order valence-corrected chi connectivity index (χ1v) is 9.11. The Morgan fingerprint density at radius 1 is 1.29 bits per heavy atom. The van der Waals surface area contributed by atoms with E-state index in [2.05, 4.69) is 9.62 Å². The van der Waals surface area contributed by atoms with E-state index < -0.39 is 10.0 Å². The number of anilines is 2. The van der Waals surface area contributed by atoms with E-state index in [4.69, 9.17) is 4.74 Å². The molecule has 2 rings (SSSR count). The van der Waals surface area contributed by atoms with E-state index in [9.17, 15) is 8.42 Å². The molecular formula is C15H24N2O3S. The zero-order valence-corrected chi connectivity index (χ0v) is 13.6. The van der Waals surface area contributed by atoms with Crippen LogP contribution in [-0.4, -0.2) is 40.5 Å². The summed E-state index contributed by atoms with van der Waals surface area (Å²) in [6, 6.07) is 5.91. The maximum atomic E-state index is 12.1. The van der Waals surface area contributed by atoms with Gasteiger partial charge in [0.25, 0.3) is 0 Å². The van der Waals surface area contributed by atoms with Crippen molar-refractivity contribution in [1.29, 1.82) is 0 Å². The molecule has 0 saturated carbocycles. The van der Waals surface area contributed by atoms with Crippen molar-refractivity contribution < 1.29 is 13.2 Å². The van der Waals surface area contributed by atoms with Gasteiger partial charge in [-0.1, -0.05) is 19.4 Å². The maximum Gasteiger partial charge on any atom is 0.232 e. The van der Waals surface area contributed by atoms with Crippen molar-refractivity contribution in [3.8, 4) is 0 Å². The van der Waals surface area contributed by atoms with Crippen LogP contribution in [0.15, 0.2) is 18.2 Å². The molecule has 0 bridgehead atoms. The molecule has 0 aliphatic carbocycles. The third-order valence-corrected chi connectivity index (χ3v) is 4.99. The Balaban J connectivity index is 2.15. The molecule has 0 spiro atoms. The monoisotopic (exact) mass is 312 g/mol. The van der Waals surface area contributed by atoms with E-state index in [1.165, 1.54) is 0 Å². The topological polar surface area (TPSA) is 58.6 Å². The molecule has 21 heavy (non-hydrogen) atoms. The van der Waals surface area contributed by atoms with Crippen molar-refractivity contribution in [2.75, 3.05) is 41.7 Å². The molecule has 0 unspecified atom stereocenters. The second-order valence-electron chi connectivity index (χ2n) is 5.37. The predicted molar refractivity (Wildman–Crippen MR) is 86.5 cm³/mol. The SMILES string of the molecule is CCCCS(=O)(=O)Nc1cc(N2CCOCC2)ccc1C. The van der Waals surface area contributed by atoms with Crippen LogP contribution >= 0.6 is 0 Å². The molecule has 1 fully saturated rings. The quantitative estimate of drug-likeness (QED) is 0.876. The summed E-state index contributed by atoms with van der Waals surface area (Å²) < 4.78 is 32.2. The molecule has 1 aromatic rings. The highest BCUT2D eigenvalue weighted by Crippen LogP contribution is 2.25. The number of ether oxygens (including phenoxy) is 1. The Bertz CT molecular complexity index is 566. The van der Waals surface area contributed by atoms with Crippen LogP contribution in [0.5, 0.6) is 0 Å². The molecule has 6 heteroatoms.